The number of nitrogens with zero attached hydrogens (tertiary/aromatic N) is 1. The van der Waals surface area contributed by atoms with Gasteiger partial charge in [-0.2, -0.15) is 0 Å². The van der Waals surface area contributed by atoms with Gasteiger partial charge in [-0.15, -0.1) is 0 Å². The lowest BCUT2D eigenvalue weighted by atomic mass is 9.78. The molecule has 4 atom stereocenters. The predicted molar refractivity (Wildman–Crippen MR) is 185 cm³/mol. The van der Waals surface area contributed by atoms with Crippen LogP contribution >= 0.6 is 0 Å². The van der Waals surface area contributed by atoms with E-state index in [4.69, 9.17) is 19.9 Å². The first kappa shape index (κ1) is 35.4. The van der Waals surface area contributed by atoms with Gasteiger partial charge in [0.05, 0.1) is 0 Å². The molecule has 2 saturated carbocycles. The van der Waals surface area contributed by atoms with Crippen molar-refractivity contribution in [3.8, 4) is 0 Å². The van der Waals surface area contributed by atoms with Crippen LogP contribution in [0.15, 0.2) is 54.6 Å². The van der Waals surface area contributed by atoms with Crippen LogP contribution in [0, 0.1) is 11.8 Å². The normalized spacial score (nSPS) is 23.9. The number of aromatic nitrogens is 1. The quantitative estimate of drug-likeness (QED) is 0.159. The molecule has 0 spiro atoms. The number of carbonyl (C=O) groups is 4. The molecule has 50 heavy (non-hydrogen) atoms. The maximum atomic E-state index is 14.1. The van der Waals surface area contributed by atoms with E-state index in [-0.39, 0.29) is 41.4 Å². The molecule has 1 saturated heterocycles. The van der Waals surface area contributed by atoms with Crippen LogP contribution in [0.3, 0.4) is 0 Å². The summed E-state index contributed by atoms with van der Waals surface area (Å²) in [6.07, 6.45) is 5.82. The molecule has 268 valence electrons. The van der Waals surface area contributed by atoms with E-state index in [1.165, 1.54) is 6.92 Å². The molecule has 11 nitrogen and oxygen atoms in total. The van der Waals surface area contributed by atoms with E-state index in [2.05, 4.69) is 10.3 Å². The second-order valence-electron chi connectivity index (χ2n) is 13.9. The molecule has 2 heterocycles. The molecule has 1 unspecified atom stereocenters. The van der Waals surface area contributed by atoms with Crippen LogP contribution < -0.4 is 11.1 Å². The topological polar surface area (TPSA) is 153 Å². The summed E-state index contributed by atoms with van der Waals surface area (Å²) in [6, 6.07) is 15.4. The fraction of sp³-hybridized carbons (Fsp3) is 0.526. The van der Waals surface area contributed by atoms with Crippen LogP contribution in [-0.2, 0) is 23.8 Å². The Morgan fingerprint density at radius 3 is 2.40 bits per heavy atom. The maximum absolute atomic E-state index is 14.1. The SMILES string of the molecule is CC(OC(=O)OC1CCCCC1)OC(=O)c1cc2cc(NC(=O)[C@@H]3[C@@H](c4ccccc4)CCN3C(=O)[C@H]3CC[C@H]([C@H](N)CF)CC3)ccc2[nH]1. The van der Waals surface area contributed by atoms with Crippen molar-refractivity contribution >= 4 is 40.5 Å². The minimum atomic E-state index is -1.16. The Bertz CT molecular complexity index is 1650. The van der Waals surface area contributed by atoms with Crippen molar-refractivity contribution in [2.75, 3.05) is 18.5 Å². The van der Waals surface area contributed by atoms with Crippen molar-refractivity contribution in [1.29, 1.82) is 0 Å². The summed E-state index contributed by atoms with van der Waals surface area (Å²) in [7, 11) is 0. The number of halogens is 1. The molecule has 1 aromatic heterocycles. The lowest BCUT2D eigenvalue weighted by Crippen LogP contribution is -2.48. The van der Waals surface area contributed by atoms with Gasteiger partial charge in [-0.05, 0) is 93.5 Å². The highest BCUT2D eigenvalue weighted by Crippen LogP contribution is 2.38. The molecule has 0 radical (unpaired) electrons. The van der Waals surface area contributed by atoms with Crippen LogP contribution in [0.4, 0.5) is 14.9 Å². The summed E-state index contributed by atoms with van der Waals surface area (Å²) >= 11 is 0. The predicted octanol–water partition coefficient (Wildman–Crippen LogP) is 6.58. The summed E-state index contributed by atoms with van der Waals surface area (Å²) < 4.78 is 29.0. The Morgan fingerprint density at radius 1 is 0.940 bits per heavy atom. The number of H-pyrrole nitrogens is 1. The summed E-state index contributed by atoms with van der Waals surface area (Å²) in [4.78, 5) is 57.8. The van der Waals surface area contributed by atoms with Crippen molar-refractivity contribution in [2.24, 2.45) is 17.6 Å². The van der Waals surface area contributed by atoms with Crippen LogP contribution in [0.25, 0.3) is 10.9 Å². The van der Waals surface area contributed by atoms with E-state index >= 15 is 0 Å². The van der Waals surface area contributed by atoms with Crippen molar-refractivity contribution in [1.82, 2.24) is 9.88 Å². The smallest absolute Gasteiger partial charge is 0.431 e. The Kier molecular flexibility index (Phi) is 11.4. The van der Waals surface area contributed by atoms with Gasteiger partial charge in [0.15, 0.2) is 0 Å². The summed E-state index contributed by atoms with van der Waals surface area (Å²) in [5.41, 5.74) is 8.25. The first-order valence-electron chi connectivity index (χ1n) is 17.9. The van der Waals surface area contributed by atoms with Gasteiger partial charge in [0.2, 0.25) is 18.1 Å². The molecule has 3 aliphatic rings. The van der Waals surface area contributed by atoms with Crippen LogP contribution in [-0.4, -0.2) is 71.5 Å². The van der Waals surface area contributed by atoms with Gasteiger partial charge in [-0.3, -0.25) is 9.59 Å². The third-order valence-corrected chi connectivity index (χ3v) is 10.5. The zero-order valence-corrected chi connectivity index (χ0v) is 28.5. The first-order chi connectivity index (χ1) is 24.2. The molecule has 1 aliphatic heterocycles. The van der Waals surface area contributed by atoms with Crippen molar-refractivity contribution < 1.29 is 37.8 Å². The van der Waals surface area contributed by atoms with Gasteiger partial charge in [0.1, 0.15) is 24.5 Å². The summed E-state index contributed by atoms with van der Waals surface area (Å²) in [5, 5.41) is 3.68. The highest BCUT2D eigenvalue weighted by Gasteiger charge is 2.45. The minimum absolute atomic E-state index is 0.0412. The zero-order chi connectivity index (χ0) is 35.2. The molecule has 0 bridgehead atoms. The number of rotatable bonds is 10. The Morgan fingerprint density at radius 2 is 1.68 bits per heavy atom. The fourth-order valence-corrected chi connectivity index (χ4v) is 7.83. The number of hydrogen-bond acceptors (Lipinski definition) is 8. The number of alkyl halides is 1. The molecule has 12 heteroatoms. The zero-order valence-electron chi connectivity index (χ0n) is 28.5. The fourth-order valence-electron chi connectivity index (χ4n) is 7.83. The van der Waals surface area contributed by atoms with Crippen LogP contribution in [0.5, 0.6) is 0 Å². The number of hydrogen-bond donors (Lipinski definition) is 3. The molecule has 4 N–H and O–H groups in total. The van der Waals surface area contributed by atoms with Gasteiger partial charge in [-0.25, -0.2) is 14.0 Å². The monoisotopic (exact) mass is 690 g/mol. The molecular weight excluding hydrogens is 643 g/mol. The number of aromatic amines is 1. The number of likely N-dealkylation sites (tertiary alicyclic amines) is 1. The second kappa shape index (κ2) is 16.1. The lowest BCUT2D eigenvalue weighted by Gasteiger charge is -2.35. The summed E-state index contributed by atoms with van der Waals surface area (Å²) in [5.74, 6) is -1.39. The van der Waals surface area contributed by atoms with E-state index in [0.29, 0.717) is 55.2 Å². The van der Waals surface area contributed by atoms with Gasteiger partial charge in [0.25, 0.3) is 0 Å². The first-order valence-corrected chi connectivity index (χ1v) is 17.9. The lowest BCUT2D eigenvalue weighted by molar-refractivity contribution is -0.141. The largest absolute Gasteiger partial charge is 0.511 e. The van der Waals surface area contributed by atoms with Gasteiger partial charge in [0, 0.05) is 47.9 Å². The van der Waals surface area contributed by atoms with Crippen LogP contribution in [0.2, 0.25) is 0 Å². The van der Waals surface area contributed by atoms with Crippen LogP contribution in [0.1, 0.15) is 93.1 Å². The van der Waals surface area contributed by atoms with E-state index < -0.39 is 37.2 Å². The van der Waals surface area contributed by atoms with E-state index in [0.717, 1.165) is 37.7 Å². The van der Waals surface area contributed by atoms with E-state index in [1.54, 1.807) is 29.2 Å². The number of nitrogens with two attached hydrogens (primary N) is 1. The molecule has 2 aromatic carbocycles. The number of amides is 2. The number of carbonyl (C=O) groups excluding carboxylic acids is 4. The number of ether oxygens (including phenoxy) is 3. The molecule has 2 aliphatic carbocycles. The maximum Gasteiger partial charge on any atom is 0.511 e. The van der Waals surface area contributed by atoms with E-state index in [1.807, 2.05) is 30.3 Å². The number of anilines is 1. The standard InChI is InChI=1S/C38H47FN4O7/c1-23(49-38(47)50-29-10-6-3-7-11-29)48-37(46)33-21-27-20-28(16-17-32(27)42-33)41-35(44)34-30(24-8-4-2-5-9-24)18-19-43(34)36(45)26-14-12-25(13-15-26)31(40)22-39/h2,4-5,8-9,16-17,20-21,23,25-26,29-31,34,42H,3,6-7,10-15,18-19,22,40H2,1H3,(H,41,44)/t23?,25-,26-,30-,31-,34+/m1/s1. The average Bonchev–Trinajstić information content (AvgIpc) is 3.77. The van der Waals surface area contributed by atoms with Crippen molar-refractivity contribution in [3.05, 3.63) is 65.9 Å². The molecule has 3 fully saturated rings. The number of benzene rings is 2. The molecule has 2 amide bonds. The van der Waals surface area contributed by atoms with Gasteiger partial charge >= 0.3 is 12.1 Å². The Labute approximate surface area is 291 Å². The molecular formula is C38H47FN4O7. The highest BCUT2D eigenvalue weighted by molar-refractivity contribution is 6.01. The second-order valence-corrected chi connectivity index (χ2v) is 13.9. The average molecular weight is 691 g/mol. The number of fused-ring (bicyclic) bond motifs is 1. The minimum Gasteiger partial charge on any atom is -0.431 e. The van der Waals surface area contributed by atoms with Crippen molar-refractivity contribution in [2.45, 2.75) is 102 Å². The summed E-state index contributed by atoms with van der Waals surface area (Å²) in [6.45, 7) is 1.34. The molecule has 3 aromatic rings. The highest BCUT2D eigenvalue weighted by atomic mass is 19.1. The third-order valence-electron chi connectivity index (χ3n) is 10.5. The van der Waals surface area contributed by atoms with Crippen molar-refractivity contribution in [3.63, 3.8) is 0 Å². The number of esters is 1. The third kappa shape index (κ3) is 8.29. The Balaban J connectivity index is 1.11. The Hall–Kier alpha value is -4.45. The van der Waals surface area contributed by atoms with Gasteiger partial charge in [-0.1, -0.05) is 36.8 Å². The number of nitrogens with one attached hydrogen (secondary N) is 2. The van der Waals surface area contributed by atoms with E-state index in [9.17, 15) is 23.6 Å². The van der Waals surface area contributed by atoms with Gasteiger partial charge < -0.3 is 35.1 Å². The molecule has 6 rings (SSSR count).